The summed E-state index contributed by atoms with van der Waals surface area (Å²) in [4.78, 5) is 11.3. The topological polar surface area (TPSA) is 125 Å². The molecule has 0 saturated carbocycles. The Morgan fingerprint density at radius 3 is 2.55 bits per heavy atom. The molecule has 1 rings (SSSR count). The molecule has 20 heavy (non-hydrogen) atoms. The highest BCUT2D eigenvalue weighted by Crippen LogP contribution is 2.29. The van der Waals surface area contributed by atoms with E-state index in [1.807, 2.05) is 6.92 Å². The average Bonchev–Trinajstić information content (AvgIpc) is 2.39. The Kier molecular flexibility index (Phi) is 6.01. The van der Waals surface area contributed by atoms with Gasteiger partial charge in [-0.25, -0.2) is 0 Å². The third-order valence-corrected chi connectivity index (χ3v) is 3.05. The molecule has 0 bridgehead atoms. The van der Waals surface area contributed by atoms with Gasteiger partial charge in [-0.3, -0.25) is 9.09 Å². The molecule has 1 aromatic carbocycles. The second-order valence-corrected chi connectivity index (χ2v) is 4.89. The van der Waals surface area contributed by atoms with Crippen LogP contribution in [0.15, 0.2) is 29.4 Å². The van der Waals surface area contributed by atoms with Gasteiger partial charge in [0.15, 0.2) is 12.0 Å². The predicted octanol–water partition coefficient (Wildman–Crippen LogP) is 2.89. The molecular weight excluding hydrogens is 285 g/mol. The molecule has 0 heterocycles. The fraction of sp³-hybridized carbons (Fsp3) is 0.455. The third-order valence-electron chi connectivity index (χ3n) is 2.63. The highest BCUT2D eigenvalue weighted by Gasteiger charge is 2.22. The van der Waals surface area contributed by atoms with Gasteiger partial charge in [-0.1, -0.05) is 19.1 Å². The Hall–Kier alpha value is -1.56. The lowest BCUT2D eigenvalue weighted by Crippen LogP contribution is -2.28. The lowest BCUT2D eigenvalue weighted by molar-refractivity contribution is -0.0208. The summed E-state index contributed by atoms with van der Waals surface area (Å²) in [5.74, 6) is 0.439. The summed E-state index contributed by atoms with van der Waals surface area (Å²) >= 11 is 0. The molecule has 2 N–H and O–H groups in total. The number of benzene rings is 1. The van der Waals surface area contributed by atoms with Crippen molar-refractivity contribution in [1.29, 1.82) is 0 Å². The molecule has 1 aromatic rings. The lowest BCUT2D eigenvalue weighted by Gasteiger charge is -2.24. The zero-order chi connectivity index (χ0) is 15.2. The quantitative estimate of drug-likeness (QED) is 0.263. The van der Waals surface area contributed by atoms with Crippen LogP contribution in [0.1, 0.15) is 32.1 Å². The summed E-state index contributed by atoms with van der Waals surface area (Å²) in [6, 6.07) is 6.04. The molecule has 3 atom stereocenters. The summed E-state index contributed by atoms with van der Waals surface area (Å²) in [7, 11) is -3.22. The minimum absolute atomic E-state index is 0.312. The van der Waals surface area contributed by atoms with Crippen molar-refractivity contribution < 1.29 is 23.8 Å². The van der Waals surface area contributed by atoms with E-state index in [0.29, 0.717) is 17.7 Å². The average molecular weight is 301 g/mol. The van der Waals surface area contributed by atoms with Crippen LogP contribution in [0.2, 0.25) is 0 Å². The van der Waals surface area contributed by atoms with E-state index in [1.54, 1.807) is 6.92 Å². The van der Waals surface area contributed by atoms with E-state index >= 15 is 0 Å². The summed E-state index contributed by atoms with van der Waals surface area (Å²) in [5, 5.41) is 13.1. The number of hydrogen-bond donors (Lipinski definition) is 2. The maximum atomic E-state index is 10.5. The number of nitrogens with zero attached hydrogens (tertiary/aromatic N) is 3. The van der Waals surface area contributed by atoms with E-state index in [9.17, 15) is 9.67 Å². The second-order valence-electron chi connectivity index (χ2n) is 4.13. The van der Waals surface area contributed by atoms with Gasteiger partial charge in [-0.05, 0) is 36.1 Å². The lowest BCUT2D eigenvalue weighted by atomic mass is 10.2. The molecule has 0 aliphatic heterocycles. The molecule has 0 aromatic heterocycles. The van der Waals surface area contributed by atoms with Crippen molar-refractivity contribution in [3.8, 4) is 5.75 Å². The van der Waals surface area contributed by atoms with E-state index in [1.165, 1.54) is 24.3 Å². The maximum absolute atomic E-state index is 10.5. The normalized spacial score (nSPS) is 16.6. The number of hydrogen-bond acceptors (Lipinski definition) is 5. The first-order valence-electron chi connectivity index (χ1n) is 5.83. The Bertz CT molecular complexity index is 517. The second kappa shape index (κ2) is 7.28. The van der Waals surface area contributed by atoms with Crippen molar-refractivity contribution in [3.05, 3.63) is 40.3 Å². The molecule has 0 spiro atoms. The summed E-state index contributed by atoms with van der Waals surface area (Å²) in [5.41, 5.74) is 7.80. The van der Waals surface area contributed by atoms with Crippen molar-refractivity contribution in [2.24, 2.45) is 5.11 Å². The number of rotatable bonds is 7. The van der Waals surface area contributed by atoms with Gasteiger partial charge in [0.05, 0.1) is 0 Å². The monoisotopic (exact) mass is 301 g/mol. The number of aliphatic hydroxyl groups excluding tert-OH is 1. The standard InChI is InChI=1S/C11H16N3O5P/c1-3-11(2,13-14-12)18-9-6-4-8(5-7-9)10(15)19-20(16)17/h4-7,10,15,20H,3H2,1-2H3,(H,16,17). The highest BCUT2D eigenvalue weighted by atomic mass is 31.1. The smallest absolute Gasteiger partial charge is 0.319 e. The number of ether oxygens (including phenoxy) is 1. The molecule has 8 nitrogen and oxygen atoms in total. The fourth-order valence-electron chi connectivity index (χ4n) is 1.38. The van der Waals surface area contributed by atoms with Gasteiger partial charge in [-0.2, -0.15) is 0 Å². The molecule has 0 fully saturated rings. The van der Waals surface area contributed by atoms with Gasteiger partial charge in [-0.15, -0.1) is 0 Å². The number of aliphatic hydroxyl groups is 1. The predicted molar refractivity (Wildman–Crippen MR) is 72.2 cm³/mol. The Labute approximate surface area is 116 Å². The largest absolute Gasteiger partial charge is 0.481 e. The maximum Gasteiger partial charge on any atom is 0.319 e. The Balaban J connectivity index is 2.81. The molecular formula is C11H16N3O5P. The summed E-state index contributed by atoms with van der Waals surface area (Å²) in [6.45, 7) is 3.47. The van der Waals surface area contributed by atoms with Crippen molar-refractivity contribution in [1.82, 2.24) is 0 Å². The third kappa shape index (κ3) is 4.85. The Morgan fingerprint density at radius 2 is 2.10 bits per heavy atom. The molecule has 9 heteroatoms. The highest BCUT2D eigenvalue weighted by molar-refractivity contribution is 7.32. The van der Waals surface area contributed by atoms with Crippen molar-refractivity contribution in [3.63, 3.8) is 0 Å². The fourth-order valence-corrected chi connectivity index (χ4v) is 1.70. The minimum Gasteiger partial charge on any atom is -0.481 e. The first-order valence-corrected chi connectivity index (χ1v) is 7.09. The van der Waals surface area contributed by atoms with E-state index in [4.69, 9.17) is 15.2 Å². The SMILES string of the molecule is CCC(C)(N=[N+]=[N-])Oc1ccc(C(O)O[PH](=O)O)cc1. The van der Waals surface area contributed by atoms with Crippen LogP contribution in [0, 0.1) is 0 Å². The molecule has 110 valence electrons. The zero-order valence-electron chi connectivity index (χ0n) is 11.1. The van der Waals surface area contributed by atoms with Crippen LogP contribution < -0.4 is 4.74 Å². The van der Waals surface area contributed by atoms with Crippen LogP contribution in [0.25, 0.3) is 10.4 Å². The van der Waals surface area contributed by atoms with Crippen LogP contribution in [-0.2, 0) is 9.09 Å². The first-order chi connectivity index (χ1) is 9.40. The first kappa shape index (κ1) is 16.5. The Morgan fingerprint density at radius 1 is 1.50 bits per heavy atom. The van der Waals surface area contributed by atoms with Crippen molar-refractivity contribution >= 4 is 8.25 Å². The van der Waals surface area contributed by atoms with E-state index in [0.717, 1.165) is 0 Å². The minimum atomic E-state index is -3.22. The number of azide groups is 1. The molecule has 0 aliphatic rings. The van der Waals surface area contributed by atoms with Crippen LogP contribution >= 0.6 is 8.25 Å². The van der Waals surface area contributed by atoms with Gasteiger partial charge in [0.1, 0.15) is 5.75 Å². The van der Waals surface area contributed by atoms with Crippen LogP contribution in [0.3, 0.4) is 0 Å². The van der Waals surface area contributed by atoms with Gasteiger partial charge < -0.3 is 14.7 Å². The van der Waals surface area contributed by atoms with Crippen molar-refractivity contribution in [2.45, 2.75) is 32.3 Å². The van der Waals surface area contributed by atoms with Gasteiger partial charge >= 0.3 is 8.25 Å². The molecule has 0 radical (unpaired) electrons. The van der Waals surface area contributed by atoms with Crippen molar-refractivity contribution in [2.75, 3.05) is 0 Å². The van der Waals surface area contributed by atoms with E-state index < -0.39 is 20.3 Å². The van der Waals surface area contributed by atoms with Crippen LogP contribution in [0.4, 0.5) is 0 Å². The van der Waals surface area contributed by atoms with E-state index in [2.05, 4.69) is 14.5 Å². The van der Waals surface area contributed by atoms with Crippen LogP contribution in [0.5, 0.6) is 5.75 Å². The van der Waals surface area contributed by atoms with Crippen LogP contribution in [-0.4, -0.2) is 15.7 Å². The summed E-state index contributed by atoms with van der Waals surface area (Å²) < 4.78 is 20.4. The molecule has 0 aliphatic carbocycles. The van der Waals surface area contributed by atoms with E-state index in [-0.39, 0.29) is 0 Å². The summed E-state index contributed by atoms with van der Waals surface area (Å²) in [6.07, 6.45) is -0.994. The van der Waals surface area contributed by atoms with Gasteiger partial charge in [0.25, 0.3) is 0 Å². The molecule has 3 unspecified atom stereocenters. The van der Waals surface area contributed by atoms with Gasteiger partial charge in [0.2, 0.25) is 0 Å². The molecule has 0 saturated heterocycles. The van der Waals surface area contributed by atoms with Gasteiger partial charge in [0, 0.05) is 10.5 Å². The molecule has 0 amide bonds. The zero-order valence-corrected chi connectivity index (χ0v) is 12.1.